The van der Waals surface area contributed by atoms with Crippen molar-refractivity contribution in [1.82, 2.24) is 13.3 Å². The van der Waals surface area contributed by atoms with E-state index < -0.39 is 5.82 Å². The summed E-state index contributed by atoms with van der Waals surface area (Å²) in [4.78, 5) is 4.36. The van der Waals surface area contributed by atoms with Gasteiger partial charge in [-0.05, 0) is 18.9 Å². The molecule has 1 aliphatic heterocycles. The van der Waals surface area contributed by atoms with Gasteiger partial charge in [-0.3, -0.25) is 0 Å². The van der Waals surface area contributed by atoms with Crippen LogP contribution in [0.25, 0.3) is 11.5 Å². The van der Waals surface area contributed by atoms with Gasteiger partial charge < -0.3 is 15.0 Å². The summed E-state index contributed by atoms with van der Waals surface area (Å²) in [7, 11) is 1.48. The fourth-order valence-electron chi connectivity index (χ4n) is 2.53. The number of nitrogens with two attached hydrogens (primary N) is 1. The van der Waals surface area contributed by atoms with E-state index in [4.69, 9.17) is 15.0 Å². The fourth-order valence-corrected chi connectivity index (χ4v) is 3.08. The van der Waals surface area contributed by atoms with Crippen LogP contribution in [0.1, 0.15) is 24.6 Å². The molecule has 3 rings (SSSR count). The van der Waals surface area contributed by atoms with E-state index in [9.17, 15) is 4.39 Å². The van der Waals surface area contributed by atoms with Crippen LogP contribution in [0.5, 0.6) is 5.75 Å². The van der Waals surface area contributed by atoms with Gasteiger partial charge in [0.2, 0.25) is 0 Å². The first kappa shape index (κ1) is 15.5. The summed E-state index contributed by atoms with van der Waals surface area (Å²) in [5, 5.41) is 4.01. The van der Waals surface area contributed by atoms with Gasteiger partial charge in [0.1, 0.15) is 11.6 Å². The smallest absolute Gasteiger partial charge is 0.261 e. The quantitative estimate of drug-likeness (QED) is 0.469. The highest BCUT2D eigenvalue weighted by molar-refractivity contribution is 14.1. The maximum atomic E-state index is 14.1. The average molecular weight is 418 g/mol. The summed E-state index contributed by atoms with van der Waals surface area (Å²) in [5.74, 6) is 0.921. The number of rotatable bonds is 3. The van der Waals surface area contributed by atoms with Gasteiger partial charge >= 0.3 is 0 Å². The first-order chi connectivity index (χ1) is 10.6. The van der Waals surface area contributed by atoms with E-state index >= 15 is 0 Å². The Bertz CT molecular complexity index is 671. The van der Waals surface area contributed by atoms with Crippen LogP contribution in [0, 0.1) is 5.82 Å². The number of nitrogen functional groups attached to an aromatic ring is 1. The van der Waals surface area contributed by atoms with Gasteiger partial charge in [0, 0.05) is 47.9 Å². The van der Waals surface area contributed by atoms with E-state index in [2.05, 4.69) is 36.1 Å². The summed E-state index contributed by atoms with van der Waals surface area (Å²) >= 11 is 2.31. The Balaban J connectivity index is 1.87. The Hall–Kier alpha value is -1.42. The number of hydrogen-bond donors (Lipinski definition) is 1. The molecule has 0 radical (unpaired) electrons. The lowest BCUT2D eigenvalue weighted by Gasteiger charge is -2.24. The SMILES string of the molecule is COc1cc(-c2nc(C3CCN(I)CC3)no2)c(F)cc1N. The van der Waals surface area contributed by atoms with Crippen LogP contribution in [0.3, 0.4) is 0 Å². The van der Waals surface area contributed by atoms with Gasteiger partial charge in [-0.2, -0.15) is 4.98 Å². The van der Waals surface area contributed by atoms with Crippen molar-refractivity contribution in [2.24, 2.45) is 0 Å². The third kappa shape index (κ3) is 3.02. The zero-order valence-corrected chi connectivity index (χ0v) is 14.2. The van der Waals surface area contributed by atoms with Crippen LogP contribution < -0.4 is 10.5 Å². The van der Waals surface area contributed by atoms with Crippen molar-refractivity contribution < 1.29 is 13.7 Å². The van der Waals surface area contributed by atoms with Crippen LogP contribution in [-0.2, 0) is 0 Å². The van der Waals surface area contributed by atoms with Crippen molar-refractivity contribution in [1.29, 1.82) is 0 Å². The Morgan fingerprint density at radius 1 is 1.41 bits per heavy atom. The van der Waals surface area contributed by atoms with Crippen molar-refractivity contribution in [2.45, 2.75) is 18.8 Å². The number of aromatic nitrogens is 2. The predicted octanol–water partition coefficient (Wildman–Crippen LogP) is 3.00. The maximum Gasteiger partial charge on any atom is 0.261 e. The number of methoxy groups -OCH3 is 1. The molecule has 0 unspecified atom stereocenters. The molecule has 0 bridgehead atoms. The molecule has 0 aliphatic carbocycles. The second-order valence-electron chi connectivity index (χ2n) is 5.22. The first-order valence-electron chi connectivity index (χ1n) is 6.96. The van der Waals surface area contributed by atoms with Gasteiger partial charge in [-0.15, -0.1) is 0 Å². The van der Waals surface area contributed by atoms with E-state index in [1.54, 1.807) is 0 Å². The van der Waals surface area contributed by atoms with E-state index in [-0.39, 0.29) is 23.1 Å². The second-order valence-corrected chi connectivity index (χ2v) is 6.58. The Labute approximate surface area is 141 Å². The van der Waals surface area contributed by atoms with Gasteiger partial charge in [-0.1, -0.05) is 5.16 Å². The molecule has 2 aromatic rings. The van der Waals surface area contributed by atoms with Crippen molar-refractivity contribution >= 4 is 28.6 Å². The molecule has 2 heterocycles. The molecule has 6 nitrogen and oxygen atoms in total. The van der Waals surface area contributed by atoms with Crippen LogP contribution in [0.2, 0.25) is 0 Å². The zero-order chi connectivity index (χ0) is 15.7. The molecular formula is C14H16FIN4O2. The molecule has 118 valence electrons. The molecule has 0 atom stereocenters. The minimum atomic E-state index is -0.504. The highest BCUT2D eigenvalue weighted by atomic mass is 127. The first-order valence-corrected chi connectivity index (χ1v) is 7.92. The third-order valence-electron chi connectivity index (χ3n) is 3.80. The van der Waals surface area contributed by atoms with E-state index in [0.717, 1.165) is 25.9 Å². The van der Waals surface area contributed by atoms with E-state index in [1.807, 2.05) is 0 Å². The predicted molar refractivity (Wildman–Crippen MR) is 88.2 cm³/mol. The van der Waals surface area contributed by atoms with Crippen molar-refractivity contribution in [3.63, 3.8) is 0 Å². The summed E-state index contributed by atoms with van der Waals surface area (Å²) in [6, 6.07) is 2.68. The summed E-state index contributed by atoms with van der Waals surface area (Å²) in [6.45, 7) is 1.97. The number of piperidine rings is 1. The molecule has 1 aromatic heterocycles. The lowest BCUT2D eigenvalue weighted by Crippen LogP contribution is -2.25. The summed E-state index contributed by atoms with van der Waals surface area (Å²) in [5.41, 5.74) is 6.12. The van der Waals surface area contributed by atoms with Gasteiger partial charge in [0.25, 0.3) is 5.89 Å². The van der Waals surface area contributed by atoms with Crippen LogP contribution >= 0.6 is 22.9 Å². The number of halogens is 2. The summed E-state index contributed by atoms with van der Waals surface area (Å²) < 4.78 is 26.7. The van der Waals surface area contributed by atoms with Gasteiger partial charge in [0.15, 0.2) is 5.82 Å². The third-order valence-corrected chi connectivity index (χ3v) is 4.76. The van der Waals surface area contributed by atoms with Gasteiger partial charge in [-0.25, -0.2) is 7.50 Å². The number of anilines is 1. The summed E-state index contributed by atoms with van der Waals surface area (Å²) in [6.07, 6.45) is 1.94. The van der Waals surface area contributed by atoms with Crippen LogP contribution in [0.15, 0.2) is 16.7 Å². The standard InChI is InChI=1S/C14H16FIN4O2/c1-21-12-6-9(10(15)7-11(12)17)14-18-13(19-22-14)8-2-4-20(16)5-3-8/h6-8H,2-5,17H2,1H3. The van der Waals surface area contributed by atoms with Crippen molar-refractivity contribution in [3.8, 4) is 17.2 Å². The van der Waals surface area contributed by atoms with Crippen molar-refractivity contribution in [2.75, 3.05) is 25.9 Å². The number of benzene rings is 1. The maximum absolute atomic E-state index is 14.1. The molecule has 2 N–H and O–H groups in total. The van der Waals surface area contributed by atoms with Crippen LogP contribution in [0.4, 0.5) is 10.1 Å². The molecular weight excluding hydrogens is 402 g/mol. The molecule has 8 heteroatoms. The van der Waals surface area contributed by atoms with E-state index in [0.29, 0.717) is 11.6 Å². The molecule has 22 heavy (non-hydrogen) atoms. The number of nitrogens with zero attached hydrogens (tertiary/aromatic N) is 3. The lowest BCUT2D eigenvalue weighted by molar-refractivity contribution is 0.345. The Morgan fingerprint density at radius 3 is 2.82 bits per heavy atom. The fraction of sp³-hybridized carbons (Fsp3) is 0.429. The highest BCUT2D eigenvalue weighted by Crippen LogP contribution is 2.33. The minimum absolute atomic E-state index is 0.155. The molecule has 1 aliphatic rings. The molecule has 0 amide bonds. The van der Waals surface area contributed by atoms with E-state index in [1.165, 1.54) is 19.2 Å². The second kappa shape index (κ2) is 6.37. The molecule has 1 aromatic carbocycles. The normalized spacial score (nSPS) is 16.9. The minimum Gasteiger partial charge on any atom is -0.495 e. The molecule has 0 spiro atoms. The topological polar surface area (TPSA) is 77.4 Å². The Morgan fingerprint density at radius 2 is 2.14 bits per heavy atom. The average Bonchev–Trinajstić information content (AvgIpc) is 2.98. The molecule has 0 saturated carbocycles. The van der Waals surface area contributed by atoms with Crippen molar-refractivity contribution in [3.05, 3.63) is 23.8 Å². The molecule has 1 fully saturated rings. The number of ether oxygens (including phenoxy) is 1. The Kier molecular flexibility index (Phi) is 4.48. The highest BCUT2D eigenvalue weighted by Gasteiger charge is 2.25. The number of hydrogen-bond acceptors (Lipinski definition) is 6. The van der Waals surface area contributed by atoms with Crippen LogP contribution in [-0.4, -0.2) is 33.5 Å². The molecule has 1 saturated heterocycles. The zero-order valence-electron chi connectivity index (χ0n) is 12.1. The largest absolute Gasteiger partial charge is 0.495 e. The van der Waals surface area contributed by atoms with Gasteiger partial charge in [0.05, 0.1) is 18.4 Å². The monoisotopic (exact) mass is 418 g/mol. The lowest BCUT2D eigenvalue weighted by atomic mass is 9.98.